The fourth-order valence-electron chi connectivity index (χ4n) is 2.16. The molecule has 0 aliphatic heterocycles. The van der Waals surface area contributed by atoms with Gasteiger partial charge in [0, 0.05) is 37.0 Å². The Bertz CT molecular complexity index is 818. The zero-order valence-electron chi connectivity index (χ0n) is 11.7. The van der Waals surface area contributed by atoms with Gasteiger partial charge in [-0.3, -0.25) is 0 Å². The van der Waals surface area contributed by atoms with Gasteiger partial charge < -0.3 is 19.8 Å². The lowest BCUT2D eigenvalue weighted by Crippen LogP contribution is -2.03. The molecule has 0 aliphatic carbocycles. The zero-order valence-corrected chi connectivity index (χ0v) is 11.7. The van der Waals surface area contributed by atoms with Crippen molar-refractivity contribution in [3.05, 3.63) is 42.7 Å². The Balaban J connectivity index is 2.05. The number of anilines is 1. The van der Waals surface area contributed by atoms with Gasteiger partial charge in [0.05, 0.1) is 5.52 Å². The average Bonchev–Trinajstić information content (AvgIpc) is 2.80. The number of alkyl halides is 2. The predicted molar refractivity (Wildman–Crippen MR) is 78.3 cm³/mol. The first-order chi connectivity index (χ1) is 10.5. The first kappa shape index (κ1) is 14.1. The van der Waals surface area contributed by atoms with E-state index in [1.165, 1.54) is 18.3 Å². The molecule has 2 N–H and O–H groups in total. The summed E-state index contributed by atoms with van der Waals surface area (Å²) in [6.45, 7) is -2.94. The molecule has 0 spiro atoms. The SMILES string of the molecule is Cn1ccc2cc(Oc3ccnc(N)c3)c(OC(F)F)cc21. The molecule has 5 nitrogen and oxygen atoms in total. The van der Waals surface area contributed by atoms with Crippen LogP contribution in [0.5, 0.6) is 17.2 Å². The fraction of sp³-hybridized carbons (Fsp3) is 0.133. The maximum Gasteiger partial charge on any atom is 0.387 e. The second kappa shape index (κ2) is 5.51. The van der Waals surface area contributed by atoms with Crippen LogP contribution in [0.1, 0.15) is 0 Å². The second-order valence-corrected chi connectivity index (χ2v) is 4.68. The van der Waals surface area contributed by atoms with Crippen LogP contribution in [-0.2, 0) is 7.05 Å². The summed E-state index contributed by atoms with van der Waals surface area (Å²) in [5.41, 5.74) is 6.34. The molecule has 0 fully saturated rings. The molecule has 0 amide bonds. The molecule has 0 aliphatic rings. The molecule has 0 bridgehead atoms. The number of ether oxygens (including phenoxy) is 2. The van der Waals surface area contributed by atoms with E-state index in [0.717, 1.165) is 10.9 Å². The zero-order chi connectivity index (χ0) is 15.7. The van der Waals surface area contributed by atoms with Gasteiger partial charge >= 0.3 is 6.61 Å². The monoisotopic (exact) mass is 305 g/mol. The number of pyridine rings is 1. The molecular formula is C15H13F2N3O2. The van der Waals surface area contributed by atoms with Gasteiger partial charge in [-0.1, -0.05) is 0 Å². The highest BCUT2D eigenvalue weighted by atomic mass is 19.3. The average molecular weight is 305 g/mol. The van der Waals surface area contributed by atoms with Gasteiger partial charge in [0.2, 0.25) is 0 Å². The molecule has 114 valence electrons. The number of aromatic nitrogens is 2. The third kappa shape index (κ3) is 2.78. The van der Waals surface area contributed by atoms with E-state index in [0.29, 0.717) is 5.75 Å². The maximum absolute atomic E-state index is 12.6. The summed E-state index contributed by atoms with van der Waals surface area (Å²) in [4.78, 5) is 3.85. The number of fused-ring (bicyclic) bond motifs is 1. The normalized spacial score (nSPS) is 11.1. The van der Waals surface area contributed by atoms with E-state index in [-0.39, 0.29) is 17.3 Å². The van der Waals surface area contributed by atoms with Crippen molar-refractivity contribution in [2.45, 2.75) is 6.61 Å². The summed E-state index contributed by atoms with van der Waals surface area (Å²) in [6, 6.07) is 8.10. The Labute approximate surface area is 124 Å². The molecule has 0 saturated heterocycles. The number of rotatable bonds is 4. The number of hydrogen-bond acceptors (Lipinski definition) is 4. The van der Waals surface area contributed by atoms with E-state index < -0.39 is 6.61 Å². The largest absolute Gasteiger partial charge is 0.453 e. The van der Waals surface area contributed by atoms with Crippen molar-refractivity contribution in [1.82, 2.24) is 9.55 Å². The van der Waals surface area contributed by atoms with Gasteiger partial charge in [0.15, 0.2) is 11.5 Å². The van der Waals surface area contributed by atoms with Crippen molar-refractivity contribution in [1.29, 1.82) is 0 Å². The van der Waals surface area contributed by atoms with Crippen LogP contribution >= 0.6 is 0 Å². The summed E-state index contributed by atoms with van der Waals surface area (Å²) in [5, 5.41) is 0.848. The molecular weight excluding hydrogens is 292 g/mol. The molecule has 2 aromatic heterocycles. The van der Waals surface area contributed by atoms with Crippen LogP contribution in [0.15, 0.2) is 42.7 Å². The molecule has 0 saturated carbocycles. The van der Waals surface area contributed by atoms with E-state index in [4.69, 9.17) is 10.5 Å². The van der Waals surface area contributed by atoms with Crippen LogP contribution in [0, 0.1) is 0 Å². The van der Waals surface area contributed by atoms with Crippen LogP contribution in [0.4, 0.5) is 14.6 Å². The molecule has 22 heavy (non-hydrogen) atoms. The van der Waals surface area contributed by atoms with Gasteiger partial charge in [-0.25, -0.2) is 4.98 Å². The maximum atomic E-state index is 12.6. The van der Waals surface area contributed by atoms with Crippen LogP contribution < -0.4 is 15.2 Å². The van der Waals surface area contributed by atoms with Crippen LogP contribution in [0.3, 0.4) is 0 Å². The van der Waals surface area contributed by atoms with E-state index in [1.807, 2.05) is 23.9 Å². The summed E-state index contributed by atoms with van der Waals surface area (Å²) in [5.74, 6) is 0.806. The van der Waals surface area contributed by atoms with Crippen molar-refractivity contribution >= 4 is 16.7 Å². The van der Waals surface area contributed by atoms with Gasteiger partial charge in [0.25, 0.3) is 0 Å². The summed E-state index contributed by atoms with van der Waals surface area (Å²) in [7, 11) is 1.82. The number of hydrogen-bond donors (Lipinski definition) is 1. The van der Waals surface area contributed by atoms with E-state index in [9.17, 15) is 8.78 Å². The van der Waals surface area contributed by atoms with Crippen molar-refractivity contribution in [3.63, 3.8) is 0 Å². The number of benzene rings is 1. The smallest absolute Gasteiger partial charge is 0.387 e. The molecule has 3 rings (SSSR count). The molecule has 0 radical (unpaired) electrons. The first-order valence-electron chi connectivity index (χ1n) is 6.46. The lowest BCUT2D eigenvalue weighted by molar-refractivity contribution is -0.0509. The Morgan fingerprint density at radius 3 is 2.73 bits per heavy atom. The third-order valence-corrected chi connectivity index (χ3v) is 3.15. The fourth-order valence-corrected chi connectivity index (χ4v) is 2.16. The third-order valence-electron chi connectivity index (χ3n) is 3.15. The van der Waals surface area contributed by atoms with E-state index in [2.05, 4.69) is 9.72 Å². The van der Waals surface area contributed by atoms with Crippen molar-refractivity contribution in [2.75, 3.05) is 5.73 Å². The Hall–Kier alpha value is -2.83. The van der Waals surface area contributed by atoms with Crippen LogP contribution in [-0.4, -0.2) is 16.2 Å². The predicted octanol–water partition coefficient (Wildman–Crippen LogP) is 3.55. The van der Waals surface area contributed by atoms with Gasteiger partial charge in [-0.2, -0.15) is 8.78 Å². The standard InChI is InChI=1S/C15H13F2N3O2/c1-20-5-3-9-6-12(13(8-11(9)20)22-15(16)17)21-10-2-4-19-14(18)7-10/h2-8,15H,1H3,(H2,18,19). The number of nitrogen functional groups attached to an aromatic ring is 1. The van der Waals surface area contributed by atoms with Crippen molar-refractivity contribution in [3.8, 4) is 17.2 Å². The highest BCUT2D eigenvalue weighted by molar-refractivity contribution is 5.84. The van der Waals surface area contributed by atoms with Gasteiger partial charge in [-0.05, 0) is 18.2 Å². The highest BCUT2D eigenvalue weighted by Gasteiger charge is 2.15. The first-order valence-corrected chi connectivity index (χ1v) is 6.46. The minimum atomic E-state index is -2.94. The molecule has 0 unspecified atom stereocenters. The number of aryl methyl sites for hydroxylation is 1. The Kier molecular flexibility index (Phi) is 3.54. The van der Waals surface area contributed by atoms with Crippen LogP contribution in [0.25, 0.3) is 10.9 Å². The highest BCUT2D eigenvalue weighted by Crippen LogP contribution is 2.37. The minimum absolute atomic E-state index is 0.0420. The quantitative estimate of drug-likeness (QED) is 0.800. The summed E-state index contributed by atoms with van der Waals surface area (Å²) >= 11 is 0. The Morgan fingerprint density at radius 1 is 1.18 bits per heavy atom. The van der Waals surface area contributed by atoms with E-state index in [1.54, 1.807) is 12.1 Å². The van der Waals surface area contributed by atoms with Crippen LogP contribution in [0.2, 0.25) is 0 Å². The number of nitrogens with two attached hydrogens (primary N) is 1. The molecule has 7 heteroatoms. The molecule has 3 aromatic rings. The van der Waals surface area contributed by atoms with Gasteiger partial charge in [0.1, 0.15) is 11.6 Å². The summed E-state index contributed by atoms with van der Waals surface area (Å²) in [6.07, 6.45) is 3.30. The number of nitrogens with zero attached hydrogens (tertiary/aromatic N) is 2. The van der Waals surface area contributed by atoms with Gasteiger partial charge in [-0.15, -0.1) is 0 Å². The Morgan fingerprint density at radius 2 is 2.00 bits per heavy atom. The minimum Gasteiger partial charge on any atom is -0.453 e. The lowest BCUT2D eigenvalue weighted by Gasteiger charge is -2.13. The topological polar surface area (TPSA) is 62.3 Å². The molecule has 0 atom stereocenters. The molecule has 1 aromatic carbocycles. The van der Waals surface area contributed by atoms with E-state index >= 15 is 0 Å². The number of halogens is 2. The van der Waals surface area contributed by atoms with Crippen molar-refractivity contribution < 1.29 is 18.3 Å². The lowest BCUT2D eigenvalue weighted by atomic mass is 10.2. The van der Waals surface area contributed by atoms with Crippen molar-refractivity contribution in [2.24, 2.45) is 7.05 Å². The molecule has 2 heterocycles. The summed E-state index contributed by atoms with van der Waals surface area (Å²) < 4.78 is 37.2. The second-order valence-electron chi connectivity index (χ2n) is 4.68.